The smallest absolute Gasteiger partial charge is 0.326 e. The fourth-order valence-electron chi connectivity index (χ4n) is 2.04. The Morgan fingerprint density at radius 2 is 2.00 bits per heavy atom. The second-order valence-electron chi connectivity index (χ2n) is 4.68. The third-order valence-corrected chi connectivity index (χ3v) is 3.09. The second kappa shape index (κ2) is 5.66. The van der Waals surface area contributed by atoms with E-state index in [9.17, 15) is 14.4 Å². The lowest BCUT2D eigenvalue weighted by Crippen LogP contribution is -2.42. The molecular weight excluding hydrogens is 276 g/mol. The van der Waals surface area contributed by atoms with E-state index in [0.29, 0.717) is 0 Å². The van der Waals surface area contributed by atoms with Gasteiger partial charge in [-0.1, -0.05) is 18.2 Å². The molecule has 0 bridgehead atoms. The molecule has 1 amide bonds. The van der Waals surface area contributed by atoms with E-state index in [4.69, 9.17) is 10.2 Å². The van der Waals surface area contributed by atoms with Crippen molar-refractivity contribution in [3.8, 4) is 0 Å². The number of carboxylic acids is 2. The number of rotatable bonds is 5. The van der Waals surface area contributed by atoms with Crippen LogP contribution in [0.4, 0.5) is 0 Å². The first-order chi connectivity index (χ1) is 9.88. The number of nitrogens with one attached hydrogen (secondary N) is 2. The van der Waals surface area contributed by atoms with E-state index in [1.165, 1.54) is 0 Å². The average Bonchev–Trinajstić information content (AvgIpc) is 2.82. The van der Waals surface area contributed by atoms with Gasteiger partial charge in [0.25, 0.3) is 5.91 Å². The molecule has 1 heterocycles. The highest BCUT2D eigenvalue weighted by molar-refractivity contribution is 6.00. The van der Waals surface area contributed by atoms with Crippen LogP contribution in [0.1, 0.15) is 22.5 Å². The topological polar surface area (TPSA) is 119 Å². The zero-order valence-electron chi connectivity index (χ0n) is 11.2. The van der Waals surface area contributed by atoms with Crippen molar-refractivity contribution in [1.29, 1.82) is 0 Å². The maximum Gasteiger partial charge on any atom is 0.326 e. The summed E-state index contributed by atoms with van der Waals surface area (Å²) in [5, 5.41) is 20.6. The minimum atomic E-state index is -1.47. The molecule has 110 valence electrons. The Morgan fingerprint density at radius 3 is 2.57 bits per heavy atom. The standard InChI is InChI=1S/C14H14N2O5/c1-7-3-2-4-8-5-9(15-12(7)8)13(19)16-10(14(20)21)6-11(17)18/h2-5,10,15H,6H2,1H3,(H,16,19)(H,17,18)(H,20,21). The van der Waals surface area contributed by atoms with Gasteiger partial charge in [0.1, 0.15) is 11.7 Å². The van der Waals surface area contributed by atoms with Crippen LogP contribution in [0, 0.1) is 6.92 Å². The molecular formula is C14H14N2O5. The van der Waals surface area contributed by atoms with Crippen molar-refractivity contribution in [2.45, 2.75) is 19.4 Å². The number of amides is 1. The summed E-state index contributed by atoms with van der Waals surface area (Å²) in [5.41, 5.74) is 1.93. The molecule has 7 heteroatoms. The molecule has 4 N–H and O–H groups in total. The Kier molecular flexibility index (Phi) is 3.93. The highest BCUT2D eigenvalue weighted by Gasteiger charge is 2.24. The number of benzene rings is 1. The summed E-state index contributed by atoms with van der Waals surface area (Å²) in [5.74, 6) is -3.34. The maximum absolute atomic E-state index is 12.0. The first-order valence-corrected chi connectivity index (χ1v) is 6.22. The largest absolute Gasteiger partial charge is 0.481 e. The van der Waals surface area contributed by atoms with E-state index >= 15 is 0 Å². The summed E-state index contributed by atoms with van der Waals surface area (Å²) < 4.78 is 0. The lowest BCUT2D eigenvalue weighted by atomic mass is 10.2. The van der Waals surface area contributed by atoms with Gasteiger partial charge in [-0.2, -0.15) is 0 Å². The van der Waals surface area contributed by atoms with Gasteiger partial charge < -0.3 is 20.5 Å². The maximum atomic E-state index is 12.0. The predicted molar refractivity (Wildman–Crippen MR) is 74.2 cm³/mol. The van der Waals surface area contributed by atoms with Gasteiger partial charge in [0, 0.05) is 10.9 Å². The molecule has 1 atom stereocenters. The Labute approximate surface area is 119 Å². The zero-order valence-corrected chi connectivity index (χ0v) is 11.2. The van der Waals surface area contributed by atoms with Crippen LogP contribution in [0.15, 0.2) is 24.3 Å². The van der Waals surface area contributed by atoms with Crippen molar-refractivity contribution >= 4 is 28.7 Å². The van der Waals surface area contributed by atoms with Crippen molar-refractivity contribution < 1.29 is 24.6 Å². The second-order valence-corrected chi connectivity index (χ2v) is 4.68. The molecule has 0 aliphatic carbocycles. The van der Waals surface area contributed by atoms with Crippen molar-refractivity contribution in [3.05, 3.63) is 35.5 Å². The van der Waals surface area contributed by atoms with Crippen LogP contribution in [0.3, 0.4) is 0 Å². The van der Waals surface area contributed by atoms with Crippen LogP contribution in [0.2, 0.25) is 0 Å². The summed E-state index contributed by atoms with van der Waals surface area (Å²) in [6, 6.07) is 5.67. The number of para-hydroxylation sites is 1. The minimum Gasteiger partial charge on any atom is -0.481 e. The number of aliphatic carboxylic acids is 2. The zero-order chi connectivity index (χ0) is 15.6. The molecule has 0 aliphatic rings. The van der Waals surface area contributed by atoms with Gasteiger partial charge in [-0.25, -0.2) is 4.79 Å². The number of hydrogen-bond acceptors (Lipinski definition) is 3. The number of aromatic amines is 1. The van der Waals surface area contributed by atoms with E-state index < -0.39 is 30.3 Å². The molecule has 0 fully saturated rings. The summed E-state index contributed by atoms with van der Waals surface area (Å²) in [7, 11) is 0. The number of carbonyl (C=O) groups excluding carboxylic acids is 1. The molecule has 0 aliphatic heterocycles. The number of carbonyl (C=O) groups is 3. The first-order valence-electron chi connectivity index (χ1n) is 6.22. The van der Waals surface area contributed by atoms with Crippen LogP contribution in [-0.2, 0) is 9.59 Å². The van der Waals surface area contributed by atoms with Gasteiger partial charge in [-0.3, -0.25) is 9.59 Å². The minimum absolute atomic E-state index is 0.191. The number of hydrogen-bond donors (Lipinski definition) is 4. The molecule has 2 rings (SSSR count). The molecule has 0 spiro atoms. The number of fused-ring (bicyclic) bond motifs is 1. The summed E-state index contributed by atoms with van der Waals surface area (Å²) >= 11 is 0. The normalized spacial score (nSPS) is 12.0. The fourth-order valence-corrected chi connectivity index (χ4v) is 2.04. The van der Waals surface area contributed by atoms with Crippen molar-refractivity contribution in [3.63, 3.8) is 0 Å². The molecule has 2 aromatic rings. The van der Waals surface area contributed by atoms with Crippen LogP contribution in [0.25, 0.3) is 10.9 Å². The molecule has 0 saturated carbocycles. The number of aryl methyl sites for hydroxylation is 1. The molecule has 21 heavy (non-hydrogen) atoms. The van der Waals surface area contributed by atoms with Crippen molar-refractivity contribution in [2.24, 2.45) is 0 Å². The predicted octanol–water partition coefficient (Wildman–Crippen LogP) is 1.13. The summed E-state index contributed by atoms with van der Waals surface area (Å²) in [6.07, 6.45) is -0.680. The molecule has 0 saturated heterocycles. The quantitative estimate of drug-likeness (QED) is 0.658. The van der Waals surface area contributed by atoms with Gasteiger partial charge in [-0.15, -0.1) is 0 Å². The molecule has 7 nitrogen and oxygen atoms in total. The van der Waals surface area contributed by atoms with Gasteiger partial charge >= 0.3 is 11.9 Å². The first kappa shape index (κ1) is 14.6. The monoisotopic (exact) mass is 290 g/mol. The Balaban J connectivity index is 2.23. The Bertz CT molecular complexity index is 719. The third-order valence-electron chi connectivity index (χ3n) is 3.09. The number of H-pyrrole nitrogens is 1. The molecule has 0 radical (unpaired) electrons. The van der Waals surface area contributed by atoms with Crippen molar-refractivity contribution in [2.75, 3.05) is 0 Å². The average molecular weight is 290 g/mol. The number of aromatic nitrogens is 1. The third kappa shape index (κ3) is 3.19. The van der Waals surface area contributed by atoms with Gasteiger partial charge in [0.2, 0.25) is 0 Å². The van der Waals surface area contributed by atoms with Gasteiger partial charge in [0.15, 0.2) is 0 Å². The van der Waals surface area contributed by atoms with Gasteiger partial charge in [0.05, 0.1) is 6.42 Å². The van der Waals surface area contributed by atoms with E-state index in [-0.39, 0.29) is 5.69 Å². The van der Waals surface area contributed by atoms with E-state index in [2.05, 4.69) is 10.3 Å². The van der Waals surface area contributed by atoms with Crippen LogP contribution >= 0.6 is 0 Å². The molecule has 1 aromatic carbocycles. The van der Waals surface area contributed by atoms with Crippen LogP contribution < -0.4 is 5.32 Å². The number of carboxylic acid groups (broad SMARTS) is 2. The van der Waals surface area contributed by atoms with Crippen LogP contribution in [-0.4, -0.2) is 39.1 Å². The molecule has 1 unspecified atom stereocenters. The highest BCUT2D eigenvalue weighted by Crippen LogP contribution is 2.18. The Hall–Kier alpha value is -2.83. The van der Waals surface area contributed by atoms with E-state index in [1.54, 1.807) is 6.07 Å². The highest BCUT2D eigenvalue weighted by atomic mass is 16.4. The van der Waals surface area contributed by atoms with Gasteiger partial charge in [-0.05, 0) is 18.6 Å². The van der Waals surface area contributed by atoms with E-state index in [1.807, 2.05) is 25.1 Å². The molecule has 1 aromatic heterocycles. The lowest BCUT2D eigenvalue weighted by molar-refractivity contribution is -0.145. The van der Waals surface area contributed by atoms with E-state index in [0.717, 1.165) is 16.5 Å². The SMILES string of the molecule is Cc1cccc2cc(C(=O)NC(CC(=O)O)C(=O)O)[nH]c12. The summed E-state index contributed by atoms with van der Waals surface area (Å²) in [4.78, 5) is 36.5. The Morgan fingerprint density at radius 1 is 1.29 bits per heavy atom. The fraction of sp³-hybridized carbons (Fsp3) is 0.214. The van der Waals surface area contributed by atoms with Crippen LogP contribution in [0.5, 0.6) is 0 Å². The lowest BCUT2D eigenvalue weighted by Gasteiger charge is -2.11. The summed E-state index contributed by atoms with van der Waals surface area (Å²) in [6.45, 7) is 1.88. The van der Waals surface area contributed by atoms with Crippen molar-refractivity contribution in [1.82, 2.24) is 10.3 Å².